The van der Waals surface area contributed by atoms with Crippen LogP contribution in [0.25, 0.3) is 0 Å². The molecule has 1 N–H and O–H groups in total. The number of Topliss-reactive ketones (excluding diaryl/α,β-unsaturated/α-hetero) is 1. The third kappa shape index (κ3) is 4.07. The highest BCUT2D eigenvalue weighted by molar-refractivity contribution is 6.31. The summed E-state index contributed by atoms with van der Waals surface area (Å²) in [5.41, 5.74) is 0.452. The lowest BCUT2D eigenvalue weighted by molar-refractivity contribution is -0.135. The molecule has 0 spiro atoms. The summed E-state index contributed by atoms with van der Waals surface area (Å²) in [6.07, 6.45) is 0.254. The average molecular weight is 436 g/mol. The lowest BCUT2D eigenvalue weighted by Gasteiger charge is -2.23. The number of nitrogens with zero attached hydrogens (tertiary/aromatic N) is 1. The van der Waals surface area contributed by atoms with Crippen LogP contribution in [0.15, 0.2) is 72.8 Å². The Labute approximate surface area is 185 Å². The first-order valence-corrected chi connectivity index (χ1v) is 10.4. The van der Waals surface area contributed by atoms with Crippen molar-refractivity contribution >= 4 is 29.0 Å². The zero-order valence-corrected chi connectivity index (χ0v) is 17.8. The predicted molar refractivity (Wildman–Crippen MR) is 120 cm³/mol. The van der Waals surface area contributed by atoms with E-state index >= 15 is 0 Å². The van der Waals surface area contributed by atoms with Gasteiger partial charge in [-0.3, -0.25) is 9.59 Å². The number of rotatable bonds is 7. The predicted octanol–water partition coefficient (Wildman–Crippen LogP) is 4.40. The molecule has 3 aromatic rings. The number of hydrogen-bond acceptors (Lipinski definition) is 4. The highest BCUT2D eigenvalue weighted by Gasteiger charge is 2.50. The Balaban J connectivity index is 1.62. The molecule has 0 unspecified atom stereocenters. The van der Waals surface area contributed by atoms with Gasteiger partial charge in [0, 0.05) is 22.7 Å². The molecule has 6 heteroatoms. The second-order valence-electron chi connectivity index (χ2n) is 7.54. The molecule has 1 heterocycles. The highest BCUT2D eigenvalue weighted by atomic mass is 35.5. The summed E-state index contributed by atoms with van der Waals surface area (Å²) in [5, 5.41) is 11.8. The average Bonchev–Trinajstić information content (AvgIpc) is 2.99. The fourth-order valence-electron chi connectivity index (χ4n) is 3.91. The first-order valence-electron chi connectivity index (χ1n) is 9.98. The van der Waals surface area contributed by atoms with Crippen molar-refractivity contribution in [3.63, 3.8) is 0 Å². The molecular weight excluding hydrogens is 414 g/mol. The van der Waals surface area contributed by atoms with Gasteiger partial charge in [0.1, 0.15) is 5.75 Å². The van der Waals surface area contributed by atoms with Crippen LogP contribution >= 0.6 is 11.6 Å². The van der Waals surface area contributed by atoms with Crippen LogP contribution < -0.4 is 9.64 Å². The van der Waals surface area contributed by atoms with Gasteiger partial charge in [0.15, 0.2) is 11.4 Å². The molecule has 158 valence electrons. The topological polar surface area (TPSA) is 66.8 Å². The molecule has 0 fully saturated rings. The van der Waals surface area contributed by atoms with Crippen molar-refractivity contribution in [2.45, 2.75) is 18.4 Å². The quantitative estimate of drug-likeness (QED) is 0.558. The minimum Gasteiger partial charge on any atom is -0.497 e. The number of ketones is 1. The Hall–Kier alpha value is -3.15. The van der Waals surface area contributed by atoms with Crippen molar-refractivity contribution < 1.29 is 19.4 Å². The van der Waals surface area contributed by atoms with Gasteiger partial charge in [-0.2, -0.15) is 0 Å². The summed E-state index contributed by atoms with van der Waals surface area (Å²) >= 11 is 6.17. The summed E-state index contributed by atoms with van der Waals surface area (Å²) in [6, 6.07) is 21.4. The van der Waals surface area contributed by atoms with Crippen LogP contribution in [0.3, 0.4) is 0 Å². The molecule has 1 atom stereocenters. The van der Waals surface area contributed by atoms with E-state index < -0.39 is 11.5 Å². The SMILES string of the molecule is COc1ccc(C(=O)C[C@@]2(O)C(=O)N(CCc3ccccc3)c3ccc(Cl)cc32)cc1. The first kappa shape index (κ1) is 21.1. The fraction of sp³-hybridized carbons (Fsp3) is 0.200. The van der Waals surface area contributed by atoms with E-state index in [4.69, 9.17) is 16.3 Å². The Morgan fingerprint density at radius 2 is 1.77 bits per heavy atom. The van der Waals surface area contributed by atoms with E-state index in [9.17, 15) is 14.7 Å². The lowest BCUT2D eigenvalue weighted by atomic mass is 9.88. The lowest BCUT2D eigenvalue weighted by Crippen LogP contribution is -2.42. The molecule has 0 aromatic heterocycles. The zero-order chi connectivity index (χ0) is 22.0. The van der Waals surface area contributed by atoms with Gasteiger partial charge in [0.25, 0.3) is 5.91 Å². The summed E-state index contributed by atoms with van der Waals surface area (Å²) in [7, 11) is 1.54. The molecule has 0 radical (unpaired) electrons. The third-order valence-corrected chi connectivity index (χ3v) is 5.82. The molecule has 4 rings (SSSR count). The van der Waals surface area contributed by atoms with E-state index in [0.717, 1.165) is 5.56 Å². The molecule has 31 heavy (non-hydrogen) atoms. The van der Waals surface area contributed by atoms with Gasteiger partial charge in [-0.15, -0.1) is 0 Å². The number of hydrogen-bond donors (Lipinski definition) is 1. The number of fused-ring (bicyclic) bond motifs is 1. The second-order valence-corrected chi connectivity index (χ2v) is 7.98. The van der Waals surface area contributed by atoms with Crippen LogP contribution in [0, 0.1) is 0 Å². The van der Waals surface area contributed by atoms with Gasteiger partial charge in [-0.05, 0) is 54.4 Å². The molecule has 0 saturated carbocycles. The van der Waals surface area contributed by atoms with Crippen molar-refractivity contribution in [2.24, 2.45) is 0 Å². The largest absolute Gasteiger partial charge is 0.497 e. The van der Waals surface area contributed by atoms with Gasteiger partial charge in [0.05, 0.1) is 19.2 Å². The molecule has 1 aliphatic heterocycles. The van der Waals surface area contributed by atoms with Crippen molar-refractivity contribution in [3.05, 3.63) is 94.5 Å². The third-order valence-electron chi connectivity index (χ3n) is 5.59. The molecular formula is C25H22ClNO4. The number of ether oxygens (including phenoxy) is 1. The van der Waals surface area contributed by atoms with E-state index in [-0.39, 0.29) is 12.2 Å². The number of aliphatic hydroxyl groups is 1. The number of anilines is 1. The van der Waals surface area contributed by atoms with Crippen LogP contribution in [0.4, 0.5) is 5.69 Å². The van der Waals surface area contributed by atoms with Crippen LogP contribution in [-0.4, -0.2) is 30.5 Å². The Kier molecular flexibility index (Phi) is 5.81. The molecule has 1 aliphatic rings. The number of carbonyl (C=O) groups excluding carboxylic acids is 2. The first-order chi connectivity index (χ1) is 14.9. The van der Waals surface area contributed by atoms with Crippen LogP contribution in [0.2, 0.25) is 5.02 Å². The summed E-state index contributed by atoms with van der Waals surface area (Å²) in [6.45, 7) is 0.385. The minimum atomic E-state index is -1.96. The van der Waals surface area contributed by atoms with Gasteiger partial charge in [-0.25, -0.2) is 0 Å². The minimum absolute atomic E-state index is 0.339. The van der Waals surface area contributed by atoms with Gasteiger partial charge >= 0.3 is 0 Å². The van der Waals surface area contributed by atoms with Crippen LogP contribution in [-0.2, 0) is 16.8 Å². The van der Waals surface area contributed by atoms with E-state index in [0.29, 0.717) is 40.6 Å². The number of benzene rings is 3. The standard InChI is InChI=1S/C25H22ClNO4/c1-31-20-10-7-18(8-11-20)23(28)16-25(30)21-15-19(26)9-12-22(21)27(24(25)29)14-13-17-5-3-2-4-6-17/h2-12,15,30H,13-14,16H2,1H3/t25-/m0/s1. The normalized spacial score (nSPS) is 17.5. The molecule has 5 nitrogen and oxygen atoms in total. The Morgan fingerprint density at radius 3 is 2.45 bits per heavy atom. The fourth-order valence-corrected chi connectivity index (χ4v) is 4.08. The van der Waals surface area contributed by atoms with E-state index in [1.165, 1.54) is 0 Å². The number of carbonyl (C=O) groups is 2. The van der Waals surface area contributed by atoms with Crippen LogP contribution in [0.5, 0.6) is 5.75 Å². The van der Waals surface area contributed by atoms with Gasteiger partial charge in [-0.1, -0.05) is 41.9 Å². The number of methoxy groups -OCH3 is 1. The Morgan fingerprint density at radius 1 is 1.06 bits per heavy atom. The molecule has 0 saturated heterocycles. The van der Waals surface area contributed by atoms with Crippen LogP contribution in [0.1, 0.15) is 27.9 Å². The summed E-state index contributed by atoms with van der Waals surface area (Å²) in [5.74, 6) is -0.228. The maximum Gasteiger partial charge on any atom is 0.264 e. The van der Waals surface area contributed by atoms with Gasteiger partial charge < -0.3 is 14.7 Å². The number of amides is 1. The summed E-state index contributed by atoms with van der Waals surface area (Å²) in [4.78, 5) is 27.8. The Bertz CT molecular complexity index is 1110. The maximum atomic E-state index is 13.3. The van der Waals surface area contributed by atoms with Crippen molar-refractivity contribution in [3.8, 4) is 5.75 Å². The zero-order valence-electron chi connectivity index (χ0n) is 17.0. The summed E-state index contributed by atoms with van der Waals surface area (Å²) < 4.78 is 5.12. The van der Waals surface area contributed by atoms with E-state index in [1.54, 1.807) is 54.5 Å². The smallest absolute Gasteiger partial charge is 0.264 e. The van der Waals surface area contributed by atoms with Crippen molar-refractivity contribution in [1.82, 2.24) is 0 Å². The molecule has 0 aliphatic carbocycles. The monoisotopic (exact) mass is 435 g/mol. The highest BCUT2D eigenvalue weighted by Crippen LogP contribution is 2.44. The van der Waals surface area contributed by atoms with E-state index in [1.807, 2.05) is 30.3 Å². The maximum absolute atomic E-state index is 13.3. The number of halogens is 1. The molecule has 0 bridgehead atoms. The van der Waals surface area contributed by atoms with E-state index in [2.05, 4.69) is 0 Å². The molecule has 3 aromatic carbocycles. The van der Waals surface area contributed by atoms with Crippen molar-refractivity contribution in [1.29, 1.82) is 0 Å². The molecule has 1 amide bonds. The second kappa shape index (κ2) is 8.53. The van der Waals surface area contributed by atoms with Crippen molar-refractivity contribution in [2.75, 3.05) is 18.6 Å². The van der Waals surface area contributed by atoms with Gasteiger partial charge in [0.2, 0.25) is 0 Å².